The van der Waals surface area contributed by atoms with Crippen molar-refractivity contribution in [2.45, 2.75) is 63.2 Å². The first kappa shape index (κ1) is 33.2. The molecule has 1 fully saturated rings. The number of hydrogen-bond donors (Lipinski definition) is 1. The quantitative estimate of drug-likeness (QED) is 0.106. The molecule has 6 rings (SSSR count). The summed E-state index contributed by atoms with van der Waals surface area (Å²) in [6.45, 7) is 5.33. The number of aliphatic hydroxyl groups excluding tert-OH is 1. The summed E-state index contributed by atoms with van der Waals surface area (Å²) in [6, 6.07) is 14.7. The number of aromatic nitrogens is 4. The van der Waals surface area contributed by atoms with Gasteiger partial charge in [-0.15, -0.1) is 5.10 Å². The first-order valence-electron chi connectivity index (χ1n) is 15.7. The molecule has 0 unspecified atom stereocenters. The zero-order valence-electron chi connectivity index (χ0n) is 27.1. The van der Waals surface area contributed by atoms with Gasteiger partial charge in [-0.2, -0.15) is 0 Å². The second-order valence-corrected chi connectivity index (χ2v) is 16.6. The highest BCUT2D eigenvalue weighted by Crippen LogP contribution is 2.60. The normalized spacial score (nSPS) is 22.0. The van der Waals surface area contributed by atoms with Gasteiger partial charge in [-0.25, -0.2) is 0 Å². The Hall–Kier alpha value is -4.73. The molecule has 48 heavy (non-hydrogen) atoms. The first-order valence-corrected chi connectivity index (χ1v) is 18.7. The van der Waals surface area contributed by atoms with E-state index >= 15 is 4.11 Å². The Bertz CT molecular complexity index is 1930. The smallest absolute Gasteiger partial charge is 0.297 e. The molecule has 2 aromatic heterocycles. The molecular formula is C33H37FN6O7Si. The van der Waals surface area contributed by atoms with Crippen LogP contribution in [0.2, 0.25) is 18.6 Å². The van der Waals surface area contributed by atoms with Crippen LogP contribution in [0.3, 0.4) is 0 Å². The molecule has 1 saturated heterocycles. The molecule has 2 aromatic carbocycles. The molecule has 0 aliphatic carbocycles. The van der Waals surface area contributed by atoms with Crippen molar-refractivity contribution >= 4 is 25.7 Å². The van der Waals surface area contributed by atoms with Gasteiger partial charge in [0.15, 0.2) is 11.4 Å². The monoisotopic (exact) mass is 676 g/mol. The minimum Gasteiger partial charge on any atom is -0.491 e. The number of nitrogens with zero attached hydrogens (tertiary/aromatic N) is 6. The lowest BCUT2D eigenvalue weighted by Gasteiger charge is -2.31. The van der Waals surface area contributed by atoms with E-state index in [1.165, 1.54) is 28.7 Å². The van der Waals surface area contributed by atoms with Gasteiger partial charge in [0.05, 0.1) is 36.1 Å². The maximum atomic E-state index is 16.2. The summed E-state index contributed by atoms with van der Waals surface area (Å²) >= 11 is 0. The van der Waals surface area contributed by atoms with E-state index in [9.17, 15) is 24.8 Å². The third-order valence-corrected chi connectivity index (χ3v) is 11.9. The van der Waals surface area contributed by atoms with Crippen LogP contribution in [0.4, 0.5) is 15.5 Å². The van der Waals surface area contributed by atoms with Crippen LogP contribution in [0.1, 0.15) is 30.2 Å². The van der Waals surface area contributed by atoms with Crippen LogP contribution in [0.15, 0.2) is 71.8 Å². The van der Waals surface area contributed by atoms with Crippen molar-refractivity contribution in [1.82, 2.24) is 19.6 Å². The average molecular weight is 677 g/mol. The van der Waals surface area contributed by atoms with E-state index in [2.05, 4.69) is 10.3 Å². The van der Waals surface area contributed by atoms with Crippen molar-refractivity contribution < 1.29 is 28.4 Å². The lowest BCUT2D eigenvalue weighted by Crippen LogP contribution is -2.45. The van der Waals surface area contributed by atoms with E-state index in [1.54, 1.807) is 73.5 Å². The van der Waals surface area contributed by atoms with Crippen LogP contribution in [0.5, 0.6) is 5.75 Å². The standard InChI is InChI=1S/C33H37FN6O7Si/c1-21-30(48(3,4)34)28(12-15-37-20-23(13-16-41)35-36-37)47-33(21)26-18-25(40(44)45)10-11-27(26)39(32(33)43)19-22-7-5-8-24(17-22)38-14-6-9-29(46-2)31(38)42/h5-11,14,17-18,20-21,28,30,41H,12-13,15-16,19H2,1-4H3/t21-,28+,30-,33+/m0/s1. The summed E-state index contributed by atoms with van der Waals surface area (Å²) < 4.78 is 31.2. The van der Waals surface area contributed by atoms with Gasteiger partial charge >= 0.3 is 0 Å². The second kappa shape index (κ2) is 12.7. The van der Waals surface area contributed by atoms with Gasteiger partial charge in [-0.1, -0.05) is 24.3 Å². The number of aliphatic hydroxyl groups is 1. The van der Waals surface area contributed by atoms with Crippen LogP contribution in [0.25, 0.3) is 5.69 Å². The summed E-state index contributed by atoms with van der Waals surface area (Å²) in [4.78, 5) is 40.6. The van der Waals surface area contributed by atoms with Gasteiger partial charge in [0.1, 0.15) is 0 Å². The van der Waals surface area contributed by atoms with Gasteiger partial charge in [0.2, 0.25) is 8.41 Å². The number of pyridine rings is 1. The number of anilines is 1. The van der Waals surface area contributed by atoms with E-state index in [1.807, 2.05) is 6.07 Å². The highest BCUT2D eigenvalue weighted by molar-refractivity contribution is 6.72. The molecule has 0 radical (unpaired) electrons. The van der Waals surface area contributed by atoms with E-state index in [-0.39, 0.29) is 30.1 Å². The Balaban J connectivity index is 1.38. The number of nitro benzene ring substituents is 1. The fourth-order valence-corrected chi connectivity index (χ4v) is 9.87. The molecule has 252 valence electrons. The first-order chi connectivity index (χ1) is 22.9. The zero-order chi connectivity index (χ0) is 34.4. The van der Waals surface area contributed by atoms with Gasteiger partial charge in [-0.3, -0.25) is 29.0 Å². The molecule has 1 amide bonds. The van der Waals surface area contributed by atoms with Crippen LogP contribution in [-0.2, 0) is 34.6 Å². The molecule has 2 aliphatic rings. The highest BCUT2D eigenvalue weighted by atomic mass is 28.4. The van der Waals surface area contributed by atoms with Gasteiger partial charge in [0, 0.05) is 66.8 Å². The van der Waals surface area contributed by atoms with E-state index in [4.69, 9.17) is 9.47 Å². The lowest BCUT2D eigenvalue weighted by molar-refractivity contribution is -0.385. The molecule has 15 heteroatoms. The number of nitro groups is 1. The molecule has 2 aliphatic heterocycles. The Labute approximate surface area is 276 Å². The van der Waals surface area contributed by atoms with Crippen molar-refractivity contribution in [2.24, 2.45) is 5.92 Å². The van der Waals surface area contributed by atoms with Crippen molar-refractivity contribution in [2.75, 3.05) is 18.6 Å². The molecule has 4 atom stereocenters. The van der Waals surface area contributed by atoms with Crippen LogP contribution >= 0.6 is 0 Å². The number of fused-ring (bicyclic) bond motifs is 2. The zero-order valence-corrected chi connectivity index (χ0v) is 28.1. The number of methoxy groups -OCH3 is 1. The fourth-order valence-electron chi connectivity index (χ4n) is 7.33. The van der Waals surface area contributed by atoms with Crippen molar-refractivity contribution in [3.63, 3.8) is 0 Å². The number of rotatable bonds is 11. The van der Waals surface area contributed by atoms with Crippen LogP contribution in [0, 0.1) is 16.0 Å². The van der Waals surface area contributed by atoms with Crippen LogP contribution in [-0.4, -0.2) is 63.7 Å². The summed E-state index contributed by atoms with van der Waals surface area (Å²) in [5.41, 5.74) is -0.146. The number of carbonyl (C=O) groups is 1. The molecular weight excluding hydrogens is 639 g/mol. The molecule has 1 spiro atoms. The molecule has 4 aromatic rings. The van der Waals surface area contributed by atoms with Crippen molar-refractivity contribution in [3.05, 3.63) is 104 Å². The summed E-state index contributed by atoms with van der Waals surface area (Å²) in [5, 5.41) is 29.3. The minimum absolute atomic E-state index is 0.0673. The van der Waals surface area contributed by atoms with Gasteiger partial charge in [-0.05, 0) is 55.4 Å². The predicted octanol–water partition coefficient (Wildman–Crippen LogP) is 4.29. The Morgan fingerprint density at radius 3 is 2.67 bits per heavy atom. The van der Waals surface area contributed by atoms with Gasteiger partial charge in [0.25, 0.3) is 17.2 Å². The Morgan fingerprint density at radius 1 is 1.17 bits per heavy atom. The molecule has 0 bridgehead atoms. The molecule has 1 N–H and O–H groups in total. The maximum absolute atomic E-state index is 16.2. The average Bonchev–Trinajstić information content (AvgIpc) is 3.70. The van der Waals surface area contributed by atoms with E-state index in [0.29, 0.717) is 47.6 Å². The number of aryl methyl sites for hydroxylation is 1. The largest absolute Gasteiger partial charge is 0.491 e. The molecule has 4 heterocycles. The number of ether oxygens (including phenoxy) is 2. The van der Waals surface area contributed by atoms with Gasteiger partial charge < -0.3 is 23.6 Å². The molecule has 13 nitrogen and oxygen atoms in total. The predicted molar refractivity (Wildman–Crippen MR) is 176 cm³/mol. The summed E-state index contributed by atoms with van der Waals surface area (Å²) in [7, 11) is -2.06. The van der Waals surface area contributed by atoms with E-state index in [0.717, 1.165) is 0 Å². The summed E-state index contributed by atoms with van der Waals surface area (Å²) in [6.07, 6.45) is 3.33. The number of halogens is 1. The minimum atomic E-state index is -3.48. The second-order valence-electron chi connectivity index (χ2n) is 12.8. The van der Waals surface area contributed by atoms with Crippen molar-refractivity contribution in [3.8, 4) is 11.4 Å². The number of amides is 1. The van der Waals surface area contributed by atoms with Crippen LogP contribution < -0.4 is 15.2 Å². The van der Waals surface area contributed by atoms with Crippen molar-refractivity contribution in [1.29, 1.82) is 0 Å². The maximum Gasteiger partial charge on any atom is 0.297 e. The number of carbonyl (C=O) groups excluding carboxylic acids is 1. The Kier molecular flexibility index (Phi) is 8.78. The lowest BCUT2D eigenvalue weighted by atomic mass is 9.82. The number of hydrogen-bond acceptors (Lipinski definition) is 9. The SMILES string of the molecule is COc1cccn(-c2cccc(CN3C(=O)[C@]4(O[C@H](CCn5cc(CCO)nn5)[C@@H]([Si](C)(C)F)[C@@H]4C)c4cc([N+](=O)[O-])ccc43)c2)c1=O. The third-order valence-electron chi connectivity index (χ3n) is 9.41. The number of non-ortho nitro benzene ring substituents is 1. The van der Waals surface area contributed by atoms with E-state index < -0.39 is 42.4 Å². The third kappa shape index (κ3) is 5.71. The topological polar surface area (TPSA) is 155 Å². The molecule has 0 saturated carbocycles. The Morgan fingerprint density at radius 2 is 1.96 bits per heavy atom. The summed E-state index contributed by atoms with van der Waals surface area (Å²) in [5.74, 6) is -0.888. The number of benzene rings is 2. The highest BCUT2D eigenvalue weighted by Gasteiger charge is 2.66. The fraction of sp³-hybridized carbons (Fsp3) is 0.394.